The van der Waals surface area contributed by atoms with E-state index in [0.29, 0.717) is 12.1 Å². The van der Waals surface area contributed by atoms with E-state index in [4.69, 9.17) is 0 Å². The minimum Gasteiger partial charge on any atom is -0.392 e. The molecule has 0 aliphatic carbocycles. The topological polar surface area (TPSA) is 23.5 Å². The molecule has 2 rings (SSSR count). The first-order valence-electron chi connectivity index (χ1n) is 5.78. The number of nitrogens with zero attached hydrogens (tertiary/aromatic N) is 1. The number of rotatable bonds is 3. The molecular weight excluding hydrogens is 224 g/mol. The molecular formula is C13H16F2NO. The van der Waals surface area contributed by atoms with Gasteiger partial charge >= 0.3 is 0 Å². The fourth-order valence-electron chi connectivity index (χ4n) is 2.44. The van der Waals surface area contributed by atoms with E-state index in [9.17, 15) is 13.9 Å². The molecule has 1 aliphatic rings. The molecule has 1 aromatic carbocycles. The largest absolute Gasteiger partial charge is 0.392 e. The van der Waals surface area contributed by atoms with Crippen LogP contribution in [0.3, 0.4) is 0 Å². The average molecular weight is 240 g/mol. The quantitative estimate of drug-likeness (QED) is 0.876. The van der Waals surface area contributed by atoms with Gasteiger partial charge in [-0.3, -0.25) is 4.90 Å². The summed E-state index contributed by atoms with van der Waals surface area (Å²) in [6.07, 6.45) is 1.01. The van der Waals surface area contributed by atoms with Crippen molar-refractivity contribution in [1.29, 1.82) is 0 Å². The van der Waals surface area contributed by atoms with Gasteiger partial charge in [0.2, 0.25) is 0 Å². The van der Waals surface area contributed by atoms with Crippen molar-refractivity contribution in [3.05, 3.63) is 42.3 Å². The first-order chi connectivity index (χ1) is 8.08. The highest BCUT2D eigenvalue weighted by molar-refractivity contribution is 5.23. The molecule has 1 unspecified atom stereocenters. The van der Waals surface area contributed by atoms with E-state index in [1.54, 1.807) is 0 Å². The first kappa shape index (κ1) is 12.5. The molecule has 1 N–H and O–H groups in total. The number of β-amino-alcohol motifs (C(OH)–C–C–N with tert-alkyl or cyclic N) is 1. The Hall–Kier alpha value is -1.00. The zero-order chi connectivity index (χ0) is 12.4. The van der Waals surface area contributed by atoms with Gasteiger partial charge in [-0.25, -0.2) is 8.78 Å². The van der Waals surface area contributed by atoms with E-state index in [1.165, 1.54) is 6.07 Å². The third kappa shape index (κ3) is 2.82. The van der Waals surface area contributed by atoms with Crippen LogP contribution in [0, 0.1) is 18.6 Å². The summed E-state index contributed by atoms with van der Waals surface area (Å²) in [5, 5.41) is 9.28. The van der Waals surface area contributed by atoms with Gasteiger partial charge in [0.1, 0.15) is 11.6 Å². The molecule has 17 heavy (non-hydrogen) atoms. The van der Waals surface area contributed by atoms with Gasteiger partial charge in [0.25, 0.3) is 0 Å². The van der Waals surface area contributed by atoms with Crippen LogP contribution in [-0.2, 0) is 0 Å². The molecule has 2 nitrogen and oxygen atoms in total. The van der Waals surface area contributed by atoms with Crippen molar-refractivity contribution >= 4 is 0 Å². The number of hydrogen-bond donors (Lipinski definition) is 1. The lowest BCUT2D eigenvalue weighted by Crippen LogP contribution is -2.31. The van der Waals surface area contributed by atoms with Crippen LogP contribution in [0.4, 0.5) is 8.78 Å². The van der Waals surface area contributed by atoms with Crippen molar-refractivity contribution in [3.63, 3.8) is 0 Å². The van der Waals surface area contributed by atoms with Crippen molar-refractivity contribution in [2.24, 2.45) is 0 Å². The SMILES string of the molecule is [CH2]C(O)CN1CCC[C@@H]1c1cc(F)ccc1F. The maximum atomic E-state index is 13.7. The van der Waals surface area contributed by atoms with Gasteiger partial charge in [-0.15, -0.1) is 0 Å². The van der Waals surface area contributed by atoms with Crippen LogP contribution >= 0.6 is 0 Å². The lowest BCUT2D eigenvalue weighted by molar-refractivity contribution is 0.135. The zero-order valence-corrected chi connectivity index (χ0v) is 9.57. The smallest absolute Gasteiger partial charge is 0.128 e. The van der Waals surface area contributed by atoms with Crippen LogP contribution in [0.1, 0.15) is 24.4 Å². The van der Waals surface area contributed by atoms with Crippen LogP contribution in [0.25, 0.3) is 0 Å². The maximum Gasteiger partial charge on any atom is 0.128 e. The Kier molecular flexibility index (Phi) is 3.74. The van der Waals surface area contributed by atoms with Crippen LogP contribution in [0.5, 0.6) is 0 Å². The third-order valence-corrected chi connectivity index (χ3v) is 3.13. The van der Waals surface area contributed by atoms with Gasteiger partial charge in [-0.2, -0.15) is 0 Å². The summed E-state index contributed by atoms with van der Waals surface area (Å²) in [6.45, 7) is 4.69. The second-order valence-electron chi connectivity index (χ2n) is 4.47. The Morgan fingerprint density at radius 2 is 2.24 bits per heavy atom. The molecule has 2 atom stereocenters. The highest BCUT2D eigenvalue weighted by Crippen LogP contribution is 2.33. The molecule has 0 saturated carbocycles. The predicted molar refractivity (Wildman–Crippen MR) is 61.3 cm³/mol. The van der Waals surface area contributed by atoms with Gasteiger partial charge in [-0.05, 0) is 44.5 Å². The van der Waals surface area contributed by atoms with Crippen molar-refractivity contribution in [2.75, 3.05) is 13.1 Å². The molecule has 4 heteroatoms. The minimum absolute atomic E-state index is 0.151. The summed E-state index contributed by atoms with van der Waals surface area (Å²) in [5.74, 6) is -0.815. The summed E-state index contributed by atoms with van der Waals surface area (Å²) >= 11 is 0. The van der Waals surface area contributed by atoms with Crippen molar-refractivity contribution in [1.82, 2.24) is 4.90 Å². The van der Waals surface area contributed by atoms with E-state index in [-0.39, 0.29) is 11.9 Å². The Morgan fingerprint density at radius 3 is 2.94 bits per heavy atom. The van der Waals surface area contributed by atoms with Crippen LogP contribution < -0.4 is 0 Å². The van der Waals surface area contributed by atoms with E-state index in [2.05, 4.69) is 6.92 Å². The van der Waals surface area contributed by atoms with Crippen molar-refractivity contribution in [3.8, 4) is 0 Å². The second kappa shape index (κ2) is 5.10. The van der Waals surface area contributed by atoms with Crippen LogP contribution in [0.15, 0.2) is 18.2 Å². The third-order valence-electron chi connectivity index (χ3n) is 3.13. The van der Waals surface area contributed by atoms with Crippen molar-refractivity contribution in [2.45, 2.75) is 25.0 Å². The van der Waals surface area contributed by atoms with Crippen LogP contribution in [-0.4, -0.2) is 29.2 Å². The summed E-state index contributed by atoms with van der Waals surface area (Å²) in [6, 6.07) is 3.37. The van der Waals surface area contributed by atoms with E-state index in [0.717, 1.165) is 31.5 Å². The van der Waals surface area contributed by atoms with Gasteiger partial charge in [0.15, 0.2) is 0 Å². The summed E-state index contributed by atoms with van der Waals surface area (Å²) in [5.41, 5.74) is 0.378. The van der Waals surface area contributed by atoms with Gasteiger partial charge in [0, 0.05) is 18.2 Å². The lowest BCUT2D eigenvalue weighted by Gasteiger charge is -2.26. The van der Waals surface area contributed by atoms with Crippen LogP contribution in [0.2, 0.25) is 0 Å². The molecule has 0 aromatic heterocycles. The van der Waals surface area contributed by atoms with E-state index in [1.807, 2.05) is 4.90 Å². The molecule has 0 amide bonds. The van der Waals surface area contributed by atoms with Crippen molar-refractivity contribution < 1.29 is 13.9 Å². The maximum absolute atomic E-state index is 13.7. The lowest BCUT2D eigenvalue weighted by atomic mass is 10.0. The van der Waals surface area contributed by atoms with Gasteiger partial charge < -0.3 is 5.11 Å². The highest BCUT2D eigenvalue weighted by atomic mass is 19.1. The number of halogens is 2. The second-order valence-corrected chi connectivity index (χ2v) is 4.47. The molecule has 1 aromatic rings. The first-order valence-corrected chi connectivity index (χ1v) is 5.78. The molecule has 1 saturated heterocycles. The molecule has 93 valence electrons. The fraction of sp³-hybridized carbons (Fsp3) is 0.462. The summed E-state index contributed by atoms with van der Waals surface area (Å²) in [4.78, 5) is 1.95. The Morgan fingerprint density at radius 1 is 1.47 bits per heavy atom. The molecule has 1 fully saturated rings. The van der Waals surface area contributed by atoms with E-state index >= 15 is 0 Å². The monoisotopic (exact) mass is 240 g/mol. The number of aliphatic hydroxyl groups is 1. The number of hydrogen-bond acceptors (Lipinski definition) is 2. The Bertz CT molecular complexity index is 395. The Labute approximate surface area is 99.9 Å². The molecule has 0 spiro atoms. The molecule has 0 bridgehead atoms. The molecule has 1 aliphatic heterocycles. The van der Waals surface area contributed by atoms with Gasteiger partial charge in [-0.1, -0.05) is 0 Å². The molecule has 1 radical (unpaired) electrons. The Balaban J connectivity index is 2.22. The average Bonchev–Trinajstić information content (AvgIpc) is 2.69. The van der Waals surface area contributed by atoms with E-state index < -0.39 is 11.9 Å². The molecule has 1 heterocycles. The highest BCUT2D eigenvalue weighted by Gasteiger charge is 2.28. The standard InChI is InChI=1S/C13H16F2NO/c1-9(17)8-16-6-2-3-13(16)11-7-10(14)4-5-12(11)15/h4-5,7,9,13,17H,1-3,6,8H2/t9?,13-/m1/s1. The summed E-state index contributed by atoms with van der Waals surface area (Å²) in [7, 11) is 0. The normalized spacial score (nSPS) is 22.9. The summed E-state index contributed by atoms with van der Waals surface area (Å²) < 4.78 is 26.8. The number of benzene rings is 1. The number of aliphatic hydroxyl groups excluding tert-OH is 1. The fourth-order valence-corrected chi connectivity index (χ4v) is 2.44. The minimum atomic E-state index is -0.702. The zero-order valence-electron chi connectivity index (χ0n) is 9.57. The van der Waals surface area contributed by atoms with Gasteiger partial charge in [0.05, 0.1) is 6.10 Å². The number of likely N-dealkylation sites (tertiary alicyclic amines) is 1. The predicted octanol–water partition coefficient (Wildman–Crippen LogP) is 2.30.